The number of aryl methyl sites for hydroxylation is 1. The second kappa shape index (κ2) is 9.33. The molecule has 6 nitrogen and oxygen atoms in total. The molecular formula is C25H30N4O2. The minimum absolute atomic E-state index is 0.0261. The maximum Gasteiger partial charge on any atom is 0.227 e. The van der Waals surface area contributed by atoms with Crippen LogP contribution in [0.3, 0.4) is 0 Å². The number of aromatic amines is 1. The maximum atomic E-state index is 12.7. The van der Waals surface area contributed by atoms with Crippen molar-refractivity contribution in [3.63, 3.8) is 0 Å². The van der Waals surface area contributed by atoms with E-state index >= 15 is 0 Å². The average molecular weight is 419 g/mol. The van der Waals surface area contributed by atoms with E-state index in [4.69, 9.17) is 0 Å². The van der Waals surface area contributed by atoms with Crippen LogP contribution in [0.5, 0.6) is 0 Å². The lowest BCUT2D eigenvalue weighted by Gasteiger charge is -2.23. The number of imidazole rings is 1. The molecule has 1 aromatic heterocycles. The topological polar surface area (TPSA) is 78.1 Å². The minimum atomic E-state index is -0.302. The summed E-state index contributed by atoms with van der Waals surface area (Å²) in [7, 11) is 0. The molecule has 2 atom stereocenters. The highest BCUT2D eigenvalue weighted by Gasteiger charge is 2.36. The van der Waals surface area contributed by atoms with E-state index in [9.17, 15) is 9.59 Å². The molecule has 1 aliphatic heterocycles. The molecule has 1 aliphatic rings. The number of amides is 2. The summed E-state index contributed by atoms with van der Waals surface area (Å²) in [6, 6.07) is 16.0. The molecule has 2 heterocycles. The highest BCUT2D eigenvalue weighted by Crippen LogP contribution is 2.33. The van der Waals surface area contributed by atoms with Crippen LogP contribution in [0.2, 0.25) is 0 Å². The summed E-state index contributed by atoms with van der Waals surface area (Å²) in [5, 5.41) is 3.01. The first-order chi connectivity index (χ1) is 15.1. The number of nitrogens with zero attached hydrogens (tertiary/aromatic N) is 2. The van der Waals surface area contributed by atoms with E-state index in [0.717, 1.165) is 41.8 Å². The molecule has 1 fully saturated rings. The first-order valence-corrected chi connectivity index (χ1v) is 11.2. The van der Waals surface area contributed by atoms with E-state index in [0.29, 0.717) is 19.0 Å². The maximum absolute atomic E-state index is 12.7. The van der Waals surface area contributed by atoms with Gasteiger partial charge in [-0.1, -0.05) is 44.2 Å². The molecular weight excluding hydrogens is 388 g/mol. The molecule has 0 bridgehead atoms. The predicted octanol–water partition coefficient (Wildman–Crippen LogP) is 4.18. The van der Waals surface area contributed by atoms with E-state index in [1.54, 1.807) is 4.90 Å². The summed E-state index contributed by atoms with van der Waals surface area (Å²) in [5.74, 6) is 0.984. The highest BCUT2D eigenvalue weighted by atomic mass is 16.2. The van der Waals surface area contributed by atoms with Gasteiger partial charge < -0.3 is 15.2 Å². The Hall–Kier alpha value is -3.15. The van der Waals surface area contributed by atoms with Crippen molar-refractivity contribution >= 4 is 28.5 Å². The van der Waals surface area contributed by atoms with Crippen molar-refractivity contribution in [2.75, 3.05) is 18.0 Å². The van der Waals surface area contributed by atoms with Crippen LogP contribution in [0.15, 0.2) is 48.5 Å². The third-order valence-electron chi connectivity index (χ3n) is 6.19. The van der Waals surface area contributed by atoms with Crippen molar-refractivity contribution in [1.82, 2.24) is 15.3 Å². The van der Waals surface area contributed by atoms with Gasteiger partial charge in [0.05, 0.1) is 17.0 Å². The van der Waals surface area contributed by atoms with Gasteiger partial charge in [0.2, 0.25) is 11.8 Å². The fourth-order valence-electron chi connectivity index (χ4n) is 4.22. The number of hydrogen-bond acceptors (Lipinski definition) is 3. The molecule has 0 aliphatic carbocycles. The molecule has 1 saturated heterocycles. The molecule has 4 rings (SSSR count). The lowest BCUT2D eigenvalue weighted by molar-refractivity contribution is -0.126. The third kappa shape index (κ3) is 4.63. The Morgan fingerprint density at radius 3 is 2.81 bits per heavy atom. The van der Waals surface area contributed by atoms with Crippen molar-refractivity contribution in [2.45, 2.75) is 45.4 Å². The zero-order valence-corrected chi connectivity index (χ0v) is 18.2. The first-order valence-electron chi connectivity index (χ1n) is 11.2. The Bertz CT molecular complexity index is 1040. The molecule has 6 heteroatoms. The van der Waals surface area contributed by atoms with Crippen molar-refractivity contribution in [3.8, 4) is 0 Å². The second-order valence-corrected chi connectivity index (χ2v) is 8.37. The molecule has 0 saturated carbocycles. The minimum Gasteiger partial charge on any atom is -0.356 e. The number of fused-ring (bicyclic) bond motifs is 1. The van der Waals surface area contributed by atoms with Crippen molar-refractivity contribution in [1.29, 1.82) is 0 Å². The molecule has 0 spiro atoms. The molecule has 31 heavy (non-hydrogen) atoms. The summed E-state index contributed by atoms with van der Waals surface area (Å²) in [5.41, 5.74) is 4.11. The SMILES string of the molecule is CCC(C)c1ccccc1N1CC(C(=O)NCCCc2nc3ccccc3[nH]2)CC1=O. The van der Waals surface area contributed by atoms with E-state index < -0.39 is 0 Å². The Kier molecular flexibility index (Phi) is 6.35. The number of benzene rings is 2. The zero-order valence-electron chi connectivity index (χ0n) is 18.2. The third-order valence-corrected chi connectivity index (χ3v) is 6.19. The molecule has 2 N–H and O–H groups in total. The van der Waals surface area contributed by atoms with Crippen LogP contribution in [0.4, 0.5) is 5.69 Å². The van der Waals surface area contributed by atoms with Crippen molar-refractivity contribution < 1.29 is 9.59 Å². The van der Waals surface area contributed by atoms with Gasteiger partial charge in [0.15, 0.2) is 0 Å². The quantitative estimate of drug-likeness (QED) is 0.539. The van der Waals surface area contributed by atoms with Gasteiger partial charge in [0.1, 0.15) is 5.82 Å². The molecule has 162 valence electrons. The smallest absolute Gasteiger partial charge is 0.227 e. The Balaban J connectivity index is 1.30. The van der Waals surface area contributed by atoms with Gasteiger partial charge in [-0.2, -0.15) is 0 Å². The highest BCUT2D eigenvalue weighted by molar-refractivity contribution is 6.00. The predicted molar refractivity (Wildman–Crippen MR) is 123 cm³/mol. The van der Waals surface area contributed by atoms with Gasteiger partial charge in [-0.3, -0.25) is 9.59 Å². The lowest BCUT2D eigenvalue weighted by atomic mass is 9.96. The standard InChI is InChI=1S/C25H30N4O2/c1-3-17(2)19-9-4-7-12-22(19)29-16-18(15-24(29)30)25(31)26-14-8-13-23-27-20-10-5-6-11-21(20)28-23/h4-7,9-12,17-18H,3,8,13-16H2,1-2H3,(H,26,31)(H,27,28). The first kappa shape index (κ1) is 21.1. The summed E-state index contributed by atoms with van der Waals surface area (Å²) in [6.45, 7) is 5.34. The average Bonchev–Trinajstić information content (AvgIpc) is 3.39. The van der Waals surface area contributed by atoms with Crippen LogP contribution in [0, 0.1) is 5.92 Å². The number of aromatic nitrogens is 2. The lowest BCUT2D eigenvalue weighted by Crippen LogP contribution is -2.34. The van der Waals surface area contributed by atoms with Crippen LogP contribution in [0.25, 0.3) is 11.0 Å². The van der Waals surface area contributed by atoms with Gasteiger partial charge >= 0.3 is 0 Å². The van der Waals surface area contributed by atoms with Gasteiger partial charge in [0.25, 0.3) is 0 Å². The van der Waals surface area contributed by atoms with E-state index in [1.807, 2.05) is 42.5 Å². The van der Waals surface area contributed by atoms with Gasteiger partial charge in [-0.05, 0) is 42.5 Å². The van der Waals surface area contributed by atoms with Crippen LogP contribution < -0.4 is 10.2 Å². The fourth-order valence-corrected chi connectivity index (χ4v) is 4.22. The Morgan fingerprint density at radius 1 is 1.23 bits per heavy atom. The molecule has 2 unspecified atom stereocenters. The number of H-pyrrole nitrogens is 1. The van der Waals surface area contributed by atoms with Crippen molar-refractivity contribution in [3.05, 3.63) is 59.9 Å². The molecule has 2 aromatic carbocycles. The number of rotatable bonds is 8. The van der Waals surface area contributed by atoms with Gasteiger partial charge in [0, 0.05) is 31.6 Å². The molecule has 2 amide bonds. The number of hydrogen-bond donors (Lipinski definition) is 2. The number of anilines is 1. The van der Waals surface area contributed by atoms with E-state index in [2.05, 4.69) is 35.2 Å². The fraction of sp³-hybridized carbons (Fsp3) is 0.400. The van der Waals surface area contributed by atoms with Gasteiger partial charge in [-0.25, -0.2) is 4.98 Å². The van der Waals surface area contributed by atoms with E-state index in [-0.39, 0.29) is 24.2 Å². The largest absolute Gasteiger partial charge is 0.356 e. The van der Waals surface area contributed by atoms with Crippen LogP contribution in [0.1, 0.15) is 50.4 Å². The summed E-state index contributed by atoms with van der Waals surface area (Å²) < 4.78 is 0. The number of carbonyl (C=O) groups excluding carboxylic acids is 2. The molecule has 3 aromatic rings. The van der Waals surface area contributed by atoms with Crippen LogP contribution in [-0.2, 0) is 16.0 Å². The number of carbonyl (C=O) groups is 2. The Morgan fingerprint density at radius 2 is 2.00 bits per heavy atom. The van der Waals surface area contributed by atoms with Crippen LogP contribution in [-0.4, -0.2) is 34.9 Å². The normalized spacial score (nSPS) is 17.3. The van der Waals surface area contributed by atoms with Crippen LogP contribution >= 0.6 is 0 Å². The monoisotopic (exact) mass is 418 g/mol. The van der Waals surface area contributed by atoms with Gasteiger partial charge in [-0.15, -0.1) is 0 Å². The zero-order chi connectivity index (χ0) is 21.8. The van der Waals surface area contributed by atoms with Crippen molar-refractivity contribution in [2.24, 2.45) is 5.92 Å². The second-order valence-electron chi connectivity index (χ2n) is 8.37. The summed E-state index contributed by atoms with van der Waals surface area (Å²) in [4.78, 5) is 35.0. The number of nitrogens with one attached hydrogen (secondary N) is 2. The Labute approximate surface area is 183 Å². The number of para-hydroxylation sites is 3. The summed E-state index contributed by atoms with van der Waals surface area (Å²) in [6.07, 6.45) is 2.85. The summed E-state index contributed by atoms with van der Waals surface area (Å²) >= 11 is 0. The molecule has 0 radical (unpaired) electrons. The van der Waals surface area contributed by atoms with E-state index in [1.165, 1.54) is 5.56 Å².